The summed E-state index contributed by atoms with van der Waals surface area (Å²) >= 11 is 6.19. The van der Waals surface area contributed by atoms with E-state index in [-0.39, 0.29) is 5.69 Å². The molecule has 0 spiro atoms. The van der Waals surface area contributed by atoms with E-state index >= 15 is 0 Å². The predicted octanol–water partition coefficient (Wildman–Crippen LogP) is 4.16. The number of hydrogen-bond acceptors (Lipinski definition) is 5. The lowest BCUT2D eigenvalue weighted by Gasteiger charge is -2.17. The average Bonchev–Trinajstić information content (AvgIpc) is 3.08. The molecule has 0 saturated carbocycles. The lowest BCUT2D eigenvalue weighted by Crippen LogP contribution is -2.19. The molecule has 0 atom stereocenters. The first-order chi connectivity index (χ1) is 11.5. The van der Waals surface area contributed by atoms with Crippen molar-refractivity contribution in [2.75, 3.05) is 23.3 Å². The molecule has 2 aromatic rings. The molecular weight excluding hydrogens is 328 g/mol. The van der Waals surface area contributed by atoms with Crippen LogP contribution in [0.2, 0.25) is 5.02 Å². The number of nitro benzene ring substituents is 1. The number of aromatic nitrogens is 1. The molecule has 0 bridgehead atoms. The Hall–Kier alpha value is -2.34. The van der Waals surface area contributed by atoms with Gasteiger partial charge in [0.25, 0.3) is 5.69 Å². The first kappa shape index (κ1) is 16.5. The van der Waals surface area contributed by atoms with Crippen LogP contribution in [-0.4, -0.2) is 23.0 Å². The van der Waals surface area contributed by atoms with Crippen molar-refractivity contribution in [2.24, 2.45) is 0 Å². The number of pyridine rings is 1. The van der Waals surface area contributed by atoms with Crippen LogP contribution in [-0.2, 0) is 6.54 Å². The molecule has 2 heterocycles. The molecule has 1 aromatic heterocycles. The molecule has 0 aliphatic carbocycles. The van der Waals surface area contributed by atoms with Crippen molar-refractivity contribution in [1.82, 2.24) is 4.98 Å². The lowest BCUT2D eigenvalue weighted by molar-refractivity contribution is -0.384. The van der Waals surface area contributed by atoms with E-state index < -0.39 is 4.92 Å². The summed E-state index contributed by atoms with van der Waals surface area (Å²) in [6, 6.07) is 6.93. The van der Waals surface area contributed by atoms with Gasteiger partial charge in [-0.15, -0.1) is 0 Å². The zero-order chi connectivity index (χ0) is 17.1. The number of hydrogen-bond donors (Lipinski definition) is 1. The van der Waals surface area contributed by atoms with Gasteiger partial charge in [-0.1, -0.05) is 11.6 Å². The topological polar surface area (TPSA) is 71.3 Å². The Morgan fingerprint density at radius 2 is 2.08 bits per heavy atom. The molecule has 1 aliphatic heterocycles. The van der Waals surface area contributed by atoms with Crippen molar-refractivity contribution in [3.63, 3.8) is 0 Å². The van der Waals surface area contributed by atoms with Gasteiger partial charge in [-0.3, -0.25) is 10.1 Å². The number of nitrogens with zero attached hydrogens (tertiary/aromatic N) is 3. The van der Waals surface area contributed by atoms with Crippen LogP contribution >= 0.6 is 11.6 Å². The number of nitro groups is 1. The number of aryl methyl sites for hydroxylation is 1. The zero-order valence-electron chi connectivity index (χ0n) is 13.5. The van der Waals surface area contributed by atoms with Crippen LogP contribution in [0.15, 0.2) is 30.5 Å². The van der Waals surface area contributed by atoms with Gasteiger partial charge in [-0.2, -0.15) is 0 Å². The van der Waals surface area contributed by atoms with Gasteiger partial charge in [-0.25, -0.2) is 4.98 Å². The molecule has 3 rings (SSSR count). The van der Waals surface area contributed by atoms with Gasteiger partial charge in [0.15, 0.2) is 0 Å². The van der Waals surface area contributed by atoms with E-state index in [1.807, 2.05) is 19.2 Å². The fourth-order valence-corrected chi connectivity index (χ4v) is 3.26. The Bertz CT molecular complexity index is 737. The maximum Gasteiger partial charge on any atom is 0.271 e. The maximum atomic E-state index is 10.9. The first-order valence-corrected chi connectivity index (χ1v) is 8.30. The monoisotopic (exact) mass is 346 g/mol. The standard InChI is InChI=1S/C17H19ClN4O2/c1-12-8-14(22(23)24)10-15(18)17(12)20-11-13-4-5-19-16(9-13)21-6-2-3-7-21/h4-5,8-10,20H,2-3,6-7,11H2,1H3. The summed E-state index contributed by atoms with van der Waals surface area (Å²) in [7, 11) is 0. The minimum absolute atomic E-state index is 0.00304. The Kier molecular flexibility index (Phi) is 4.85. The third-order valence-corrected chi connectivity index (χ3v) is 4.49. The van der Waals surface area contributed by atoms with E-state index in [0.717, 1.165) is 35.7 Å². The quantitative estimate of drug-likeness (QED) is 0.650. The normalized spacial score (nSPS) is 14.0. The summed E-state index contributed by atoms with van der Waals surface area (Å²) in [6.07, 6.45) is 4.23. The molecular formula is C17H19ClN4O2. The SMILES string of the molecule is Cc1cc([N+](=O)[O-])cc(Cl)c1NCc1ccnc(N2CCCC2)c1. The maximum absolute atomic E-state index is 10.9. The van der Waals surface area contributed by atoms with Crippen LogP contribution in [0.5, 0.6) is 0 Å². The number of rotatable bonds is 5. The zero-order valence-corrected chi connectivity index (χ0v) is 14.2. The van der Waals surface area contributed by atoms with Gasteiger partial charge in [-0.05, 0) is 43.0 Å². The van der Waals surface area contributed by atoms with E-state index in [2.05, 4.69) is 21.3 Å². The van der Waals surface area contributed by atoms with Crippen molar-refractivity contribution in [2.45, 2.75) is 26.3 Å². The fraction of sp³-hybridized carbons (Fsp3) is 0.353. The van der Waals surface area contributed by atoms with Crippen molar-refractivity contribution in [1.29, 1.82) is 0 Å². The highest BCUT2D eigenvalue weighted by Gasteiger charge is 2.15. The average molecular weight is 347 g/mol. The third-order valence-electron chi connectivity index (χ3n) is 4.19. The second-order valence-electron chi connectivity index (χ2n) is 5.95. The molecule has 1 saturated heterocycles. The van der Waals surface area contributed by atoms with Crippen LogP contribution in [0, 0.1) is 17.0 Å². The van der Waals surface area contributed by atoms with Gasteiger partial charge in [0.2, 0.25) is 0 Å². The van der Waals surface area contributed by atoms with Crippen molar-refractivity contribution in [3.8, 4) is 0 Å². The highest BCUT2D eigenvalue weighted by molar-refractivity contribution is 6.33. The molecule has 24 heavy (non-hydrogen) atoms. The number of halogens is 1. The molecule has 1 N–H and O–H groups in total. The molecule has 1 fully saturated rings. The number of non-ortho nitro benzene ring substituents is 1. The van der Waals surface area contributed by atoms with Crippen LogP contribution in [0.4, 0.5) is 17.2 Å². The minimum atomic E-state index is -0.437. The minimum Gasteiger partial charge on any atom is -0.380 e. The van der Waals surface area contributed by atoms with Gasteiger partial charge in [0.05, 0.1) is 15.6 Å². The second-order valence-corrected chi connectivity index (χ2v) is 6.35. The fourth-order valence-electron chi connectivity index (χ4n) is 2.94. The Balaban J connectivity index is 1.74. The summed E-state index contributed by atoms with van der Waals surface area (Å²) in [5.41, 5.74) is 2.58. The van der Waals surface area contributed by atoms with E-state index in [9.17, 15) is 10.1 Å². The summed E-state index contributed by atoms with van der Waals surface area (Å²) < 4.78 is 0. The molecule has 7 heteroatoms. The van der Waals surface area contributed by atoms with E-state index in [0.29, 0.717) is 11.6 Å². The summed E-state index contributed by atoms with van der Waals surface area (Å²) in [4.78, 5) is 17.2. The van der Waals surface area contributed by atoms with Crippen LogP contribution in [0.1, 0.15) is 24.0 Å². The van der Waals surface area contributed by atoms with E-state index in [1.165, 1.54) is 25.0 Å². The van der Waals surface area contributed by atoms with Crippen LogP contribution in [0.25, 0.3) is 0 Å². The highest BCUT2D eigenvalue weighted by atomic mass is 35.5. The predicted molar refractivity (Wildman–Crippen MR) is 95.9 cm³/mol. The smallest absolute Gasteiger partial charge is 0.271 e. The molecule has 126 valence electrons. The van der Waals surface area contributed by atoms with Gasteiger partial charge >= 0.3 is 0 Å². The Labute approximate surface area is 145 Å². The highest BCUT2D eigenvalue weighted by Crippen LogP contribution is 2.31. The first-order valence-electron chi connectivity index (χ1n) is 7.93. The molecule has 1 aromatic carbocycles. The van der Waals surface area contributed by atoms with Crippen molar-refractivity contribution >= 4 is 28.8 Å². The molecule has 6 nitrogen and oxygen atoms in total. The third kappa shape index (κ3) is 3.59. The largest absolute Gasteiger partial charge is 0.380 e. The van der Waals surface area contributed by atoms with Crippen LogP contribution < -0.4 is 10.2 Å². The van der Waals surface area contributed by atoms with E-state index in [4.69, 9.17) is 11.6 Å². The molecule has 0 amide bonds. The van der Waals surface area contributed by atoms with Gasteiger partial charge < -0.3 is 10.2 Å². The molecule has 0 unspecified atom stereocenters. The summed E-state index contributed by atoms with van der Waals surface area (Å²) in [6.45, 7) is 4.50. The number of nitrogens with one attached hydrogen (secondary N) is 1. The van der Waals surface area contributed by atoms with Crippen molar-refractivity contribution < 1.29 is 4.92 Å². The van der Waals surface area contributed by atoms with Crippen LogP contribution in [0.3, 0.4) is 0 Å². The van der Waals surface area contributed by atoms with Crippen molar-refractivity contribution in [3.05, 3.63) is 56.7 Å². The number of anilines is 2. The van der Waals surface area contributed by atoms with E-state index in [1.54, 1.807) is 0 Å². The molecule has 1 aliphatic rings. The summed E-state index contributed by atoms with van der Waals surface area (Å²) in [5.74, 6) is 0.998. The second kappa shape index (κ2) is 7.05. The Morgan fingerprint density at radius 1 is 1.33 bits per heavy atom. The van der Waals surface area contributed by atoms with Gasteiger partial charge in [0, 0.05) is 38.0 Å². The lowest BCUT2D eigenvalue weighted by atomic mass is 10.1. The number of benzene rings is 1. The summed E-state index contributed by atoms with van der Waals surface area (Å²) in [5, 5.41) is 14.5. The van der Waals surface area contributed by atoms with Gasteiger partial charge in [0.1, 0.15) is 5.82 Å². The molecule has 0 radical (unpaired) electrons. The Morgan fingerprint density at radius 3 is 2.75 bits per heavy atom.